The Labute approximate surface area is 225 Å². The first-order chi connectivity index (χ1) is 17.8. The summed E-state index contributed by atoms with van der Waals surface area (Å²) in [4.78, 5) is 38.8. The van der Waals surface area contributed by atoms with Crippen molar-refractivity contribution in [3.05, 3.63) is 102 Å². The average molecular weight is 538 g/mol. The van der Waals surface area contributed by atoms with Crippen LogP contribution in [0.2, 0.25) is 5.02 Å². The molecule has 0 aliphatic carbocycles. The zero-order chi connectivity index (χ0) is 26.5. The molecule has 0 aliphatic heterocycles. The highest BCUT2D eigenvalue weighted by Crippen LogP contribution is 2.21. The summed E-state index contributed by atoms with van der Waals surface area (Å²) in [5, 5.41) is 5.39. The second-order valence-corrected chi connectivity index (χ2v) is 10.8. The van der Waals surface area contributed by atoms with E-state index in [9.17, 15) is 14.4 Å². The Morgan fingerprint density at radius 3 is 2.43 bits per heavy atom. The van der Waals surface area contributed by atoms with Gasteiger partial charge in [-0.15, -0.1) is 11.3 Å². The Bertz CT molecular complexity index is 1530. The van der Waals surface area contributed by atoms with Crippen LogP contribution in [0.1, 0.15) is 53.5 Å². The van der Waals surface area contributed by atoms with Crippen molar-refractivity contribution in [2.75, 3.05) is 0 Å². The summed E-state index contributed by atoms with van der Waals surface area (Å²) in [5.41, 5.74) is 5.62. The van der Waals surface area contributed by atoms with Crippen molar-refractivity contribution in [1.82, 2.24) is 14.5 Å². The van der Waals surface area contributed by atoms with Gasteiger partial charge in [0.2, 0.25) is 5.91 Å². The summed E-state index contributed by atoms with van der Waals surface area (Å²) in [6.07, 6.45) is 2.45. The number of carbonyl (C=O) groups is 1. The van der Waals surface area contributed by atoms with Crippen LogP contribution < -0.4 is 16.6 Å². The van der Waals surface area contributed by atoms with Crippen LogP contribution in [0.15, 0.2) is 57.4 Å². The lowest BCUT2D eigenvalue weighted by atomic mass is 10.00. The number of carbonyl (C=O) groups excluding carboxylic acids is 1. The van der Waals surface area contributed by atoms with Crippen LogP contribution in [0.25, 0.3) is 10.2 Å². The van der Waals surface area contributed by atoms with Crippen molar-refractivity contribution in [2.24, 2.45) is 0 Å². The first-order valence-corrected chi connectivity index (χ1v) is 13.8. The fourth-order valence-corrected chi connectivity index (χ4v) is 5.80. The van der Waals surface area contributed by atoms with E-state index in [1.54, 1.807) is 10.6 Å². The number of nitrogens with zero attached hydrogens (tertiary/aromatic N) is 2. The van der Waals surface area contributed by atoms with Crippen LogP contribution in [0.3, 0.4) is 0 Å². The molecule has 1 N–H and O–H groups in total. The van der Waals surface area contributed by atoms with E-state index in [4.69, 9.17) is 11.6 Å². The molecule has 0 atom stereocenters. The number of rotatable bonds is 10. The monoisotopic (exact) mass is 537 g/mol. The van der Waals surface area contributed by atoms with Gasteiger partial charge < -0.3 is 5.32 Å². The standard InChI is InChI=1S/C29H32ClN3O3S/c1-19-15-20(2)23(21(3)16-19)18-33-25-12-14-37-27(25)28(35)32(29(33)36)13-8-4-5-11-26(34)31-17-22-9-6-7-10-24(22)30/h6-7,9-10,12,14-16H,4-5,8,11,13,17-18H2,1-3H3,(H,31,34). The molecule has 0 unspecified atom stereocenters. The van der Waals surface area contributed by atoms with Crippen molar-refractivity contribution in [2.45, 2.75) is 66.1 Å². The molecule has 1 amide bonds. The summed E-state index contributed by atoms with van der Waals surface area (Å²) < 4.78 is 3.68. The Hall–Kier alpha value is -3.16. The van der Waals surface area contributed by atoms with Crippen molar-refractivity contribution in [1.29, 1.82) is 0 Å². The second kappa shape index (κ2) is 11.9. The zero-order valence-electron chi connectivity index (χ0n) is 21.5. The number of fused-ring (bicyclic) bond motifs is 1. The fourth-order valence-electron chi connectivity index (χ4n) is 4.76. The molecule has 0 radical (unpaired) electrons. The maximum Gasteiger partial charge on any atom is 0.331 e. The highest BCUT2D eigenvalue weighted by Gasteiger charge is 2.16. The summed E-state index contributed by atoms with van der Waals surface area (Å²) in [7, 11) is 0. The van der Waals surface area contributed by atoms with E-state index in [2.05, 4.69) is 38.2 Å². The van der Waals surface area contributed by atoms with Gasteiger partial charge in [-0.25, -0.2) is 4.79 Å². The quantitative estimate of drug-likeness (QED) is 0.263. The van der Waals surface area contributed by atoms with E-state index in [0.717, 1.165) is 28.7 Å². The van der Waals surface area contributed by atoms with Crippen LogP contribution in [0.4, 0.5) is 0 Å². The normalized spacial score (nSPS) is 11.2. The van der Waals surface area contributed by atoms with Crippen molar-refractivity contribution in [3.8, 4) is 0 Å². The molecule has 194 valence electrons. The number of aromatic nitrogens is 2. The molecule has 0 bridgehead atoms. The molecule has 0 spiro atoms. The smallest absolute Gasteiger partial charge is 0.331 e. The maximum atomic E-state index is 13.5. The number of benzene rings is 2. The molecule has 2 heterocycles. The minimum absolute atomic E-state index is 0.0386. The number of thiophene rings is 1. The molecule has 4 rings (SSSR count). The zero-order valence-corrected chi connectivity index (χ0v) is 23.0. The lowest BCUT2D eigenvalue weighted by Crippen LogP contribution is -2.40. The van der Waals surface area contributed by atoms with Gasteiger partial charge in [-0.2, -0.15) is 0 Å². The van der Waals surface area contributed by atoms with Gasteiger partial charge in [-0.05, 0) is 73.4 Å². The molecule has 4 aromatic rings. The first-order valence-electron chi connectivity index (χ1n) is 12.5. The molecule has 8 heteroatoms. The molecule has 0 fully saturated rings. The summed E-state index contributed by atoms with van der Waals surface area (Å²) >= 11 is 7.51. The third kappa shape index (κ3) is 6.22. The molecule has 2 aromatic carbocycles. The number of hydrogen-bond acceptors (Lipinski definition) is 4. The lowest BCUT2D eigenvalue weighted by Gasteiger charge is -2.16. The highest BCUT2D eigenvalue weighted by molar-refractivity contribution is 7.17. The van der Waals surface area contributed by atoms with Gasteiger partial charge >= 0.3 is 5.69 Å². The van der Waals surface area contributed by atoms with E-state index in [1.165, 1.54) is 21.5 Å². The Morgan fingerprint density at radius 1 is 0.973 bits per heavy atom. The lowest BCUT2D eigenvalue weighted by molar-refractivity contribution is -0.121. The number of unbranched alkanes of at least 4 members (excludes halogenated alkanes) is 2. The van der Waals surface area contributed by atoms with Gasteiger partial charge in [-0.3, -0.25) is 18.7 Å². The third-order valence-corrected chi connectivity index (χ3v) is 7.97. The summed E-state index contributed by atoms with van der Waals surface area (Å²) in [6, 6.07) is 13.5. The van der Waals surface area contributed by atoms with Gasteiger partial charge in [-0.1, -0.05) is 53.9 Å². The van der Waals surface area contributed by atoms with Gasteiger partial charge in [0.05, 0.1) is 12.1 Å². The molecule has 2 aromatic heterocycles. The minimum atomic E-state index is -0.284. The topological polar surface area (TPSA) is 73.1 Å². The molecule has 0 saturated carbocycles. The molecular weight excluding hydrogens is 506 g/mol. The Kier molecular flexibility index (Phi) is 8.67. The summed E-state index contributed by atoms with van der Waals surface area (Å²) in [5.74, 6) is -0.0386. The van der Waals surface area contributed by atoms with Crippen LogP contribution in [0, 0.1) is 20.8 Å². The van der Waals surface area contributed by atoms with E-state index in [0.29, 0.717) is 54.1 Å². The van der Waals surface area contributed by atoms with E-state index >= 15 is 0 Å². The van der Waals surface area contributed by atoms with Crippen LogP contribution in [-0.2, 0) is 24.4 Å². The van der Waals surface area contributed by atoms with Crippen LogP contribution in [-0.4, -0.2) is 15.0 Å². The predicted molar refractivity (Wildman–Crippen MR) is 152 cm³/mol. The molecule has 37 heavy (non-hydrogen) atoms. The number of hydrogen-bond donors (Lipinski definition) is 1. The average Bonchev–Trinajstić information content (AvgIpc) is 3.34. The fraction of sp³-hybridized carbons (Fsp3) is 0.345. The largest absolute Gasteiger partial charge is 0.352 e. The van der Waals surface area contributed by atoms with Crippen molar-refractivity contribution in [3.63, 3.8) is 0 Å². The Morgan fingerprint density at radius 2 is 1.70 bits per heavy atom. The van der Waals surface area contributed by atoms with Crippen LogP contribution >= 0.6 is 22.9 Å². The van der Waals surface area contributed by atoms with Gasteiger partial charge in [0, 0.05) is 24.5 Å². The molecule has 0 saturated heterocycles. The van der Waals surface area contributed by atoms with E-state index in [1.807, 2.05) is 29.6 Å². The van der Waals surface area contributed by atoms with Gasteiger partial charge in [0.15, 0.2) is 0 Å². The van der Waals surface area contributed by atoms with Gasteiger partial charge in [0.25, 0.3) is 5.56 Å². The molecule has 0 aliphatic rings. The second-order valence-electron chi connectivity index (χ2n) is 9.52. The van der Waals surface area contributed by atoms with Crippen molar-refractivity contribution >= 4 is 39.1 Å². The van der Waals surface area contributed by atoms with Crippen LogP contribution in [0.5, 0.6) is 0 Å². The maximum absolute atomic E-state index is 13.5. The van der Waals surface area contributed by atoms with Gasteiger partial charge in [0.1, 0.15) is 4.70 Å². The first kappa shape index (κ1) is 26.9. The predicted octanol–water partition coefficient (Wildman–Crippen LogP) is 5.73. The molecular formula is C29H32ClN3O3S. The minimum Gasteiger partial charge on any atom is -0.352 e. The van der Waals surface area contributed by atoms with E-state index < -0.39 is 0 Å². The third-order valence-electron chi connectivity index (χ3n) is 6.71. The highest BCUT2D eigenvalue weighted by atomic mass is 35.5. The SMILES string of the molecule is Cc1cc(C)c(Cn2c(=O)n(CCCCCC(=O)NCc3ccccc3Cl)c(=O)c3sccc32)c(C)c1. The number of halogens is 1. The molecule has 6 nitrogen and oxygen atoms in total. The summed E-state index contributed by atoms with van der Waals surface area (Å²) in [6.45, 7) is 7.34. The number of nitrogens with one attached hydrogen (secondary N) is 1. The number of amides is 1. The number of aryl methyl sites for hydroxylation is 3. The van der Waals surface area contributed by atoms with Crippen molar-refractivity contribution < 1.29 is 4.79 Å². The Balaban J connectivity index is 1.40. The van der Waals surface area contributed by atoms with E-state index in [-0.39, 0.29) is 17.2 Å².